The van der Waals surface area contributed by atoms with Gasteiger partial charge in [0.05, 0.1) is 25.1 Å². The summed E-state index contributed by atoms with van der Waals surface area (Å²) < 4.78 is 5.75. The lowest BCUT2D eigenvalue weighted by atomic mass is 9.86. The molecule has 2 amide bonds. The van der Waals surface area contributed by atoms with Gasteiger partial charge in [-0.2, -0.15) is 0 Å². The minimum absolute atomic E-state index is 0.0661. The molecule has 2 aliphatic heterocycles. The molecule has 33 heavy (non-hydrogen) atoms. The molecule has 2 aromatic rings. The molecular weight excluding hydrogens is 416 g/mol. The van der Waals surface area contributed by atoms with Crippen LogP contribution in [-0.2, 0) is 16.9 Å². The van der Waals surface area contributed by atoms with E-state index in [1.165, 1.54) is 4.90 Å². The Morgan fingerprint density at radius 2 is 1.94 bits per heavy atom. The zero-order valence-electron chi connectivity index (χ0n) is 19.5. The summed E-state index contributed by atoms with van der Waals surface area (Å²) in [4.78, 5) is 27.5. The monoisotopic (exact) mass is 448 g/mol. The van der Waals surface area contributed by atoms with E-state index in [1.54, 1.807) is 12.1 Å². The number of amides is 2. The Labute approximate surface area is 195 Å². The van der Waals surface area contributed by atoms with Crippen LogP contribution in [0.5, 0.6) is 5.75 Å². The van der Waals surface area contributed by atoms with Crippen molar-refractivity contribution >= 4 is 17.8 Å². The van der Waals surface area contributed by atoms with E-state index in [2.05, 4.69) is 10.6 Å². The maximum atomic E-state index is 13.2. The SMILES string of the molecule is CCC1(CC)CC(=O)N(Cc2cccc(C(=O)NC3(C)CCOc4ccccc43)c2)C(=N)N1. The van der Waals surface area contributed by atoms with Crippen molar-refractivity contribution in [1.82, 2.24) is 15.5 Å². The van der Waals surface area contributed by atoms with Crippen molar-refractivity contribution in [3.8, 4) is 5.75 Å². The van der Waals surface area contributed by atoms with E-state index in [-0.39, 0.29) is 29.9 Å². The first-order valence-corrected chi connectivity index (χ1v) is 11.6. The van der Waals surface area contributed by atoms with Crippen molar-refractivity contribution in [2.24, 2.45) is 0 Å². The van der Waals surface area contributed by atoms with Crippen molar-refractivity contribution in [1.29, 1.82) is 5.41 Å². The van der Waals surface area contributed by atoms with Crippen LogP contribution in [0, 0.1) is 5.41 Å². The van der Waals surface area contributed by atoms with Crippen molar-refractivity contribution in [2.45, 2.75) is 64.1 Å². The highest BCUT2D eigenvalue weighted by Gasteiger charge is 2.39. The zero-order chi connectivity index (χ0) is 23.6. The molecule has 0 bridgehead atoms. The number of carbonyl (C=O) groups excluding carboxylic acids is 2. The van der Waals surface area contributed by atoms with Crippen molar-refractivity contribution in [2.75, 3.05) is 6.61 Å². The Morgan fingerprint density at radius 3 is 2.67 bits per heavy atom. The summed E-state index contributed by atoms with van der Waals surface area (Å²) in [5.74, 6) is 0.676. The number of benzene rings is 2. The lowest BCUT2D eigenvalue weighted by molar-refractivity contribution is -0.131. The number of guanidine groups is 1. The predicted octanol–water partition coefficient (Wildman–Crippen LogP) is 3.93. The summed E-state index contributed by atoms with van der Waals surface area (Å²) in [6.07, 6.45) is 2.61. The van der Waals surface area contributed by atoms with Gasteiger partial charge < -0.3 is 15.4 Å². The largest absolute Gasteiger partial charge is 0.493 e. The van der Waals surface area contributed by atoms with Gasteiger partial charge in [0.2, 0.25) is 5.91 Å². The van der Waals surface area contributed by atoms with Gasteiger partial charge in [0.15, 0.2) is 5.96 Å². The number of nitrogens with one attached hydrogen (secondary N) is 3. The second kappa shape index (κ2) is 8.89. The smallest absolute Gasteiger partial charge is 0.251 e. The highest BCUT2D eigenvalue weighted by molar-refractivity contribution is 5.99. The van der Waals surface area contributed by atoms with Gasteiger partial charge in [-0.15, -0.1) is 0 Å². The van der Waals surface area contributed by atoms with Crippen LogP contribution in [0.1, 0.15) is 67.9 Å². The molecule has 7 nitrogen and oxygen atoms in total. The van der Waals surface area contributed by atoms with Gasteiger partial charge in [-0.1, -0.05) is 44.2 Å². The van der Waals surface area contributed by atoms with Crippen LogP contribution >= 0.6 is 0 Å². The molecule has 2 aromatic carbocycles. The minimum Gasteiger partial charge on any atom is -0.493 e. The number of rotatable bonds is 6. The van der Waals surface area contributed by atoms with Crippen LogP contribution in [0.25, 0.3) is 0 Å². The van der Waals surface area contributed by atoms with Gasteiger partial charge in [-0.05, 0) is 43.5 Å². The first-order chi connectivity index (χ1) is 15.8. The van der Waals surface area contributed by atoms with Crippen LogP contribution < -0.4 is 15.4 Å². The number of hydrogen-bond acceptors (Lipinski definition) is 4. The van der Waals surface area contributed by atoms with Crippen molar-refractivity contribution in [3.05, 3.63) is 65.2 Å². The Kier molecular flexibility index (Phi) is 6.15. The van der Waals surface area contributed by atoms with Crippen LogP contribution in [0.2, 0.25) is 0 Å². The van der Waals surface area contributed by atoms with Crippen molar-refractivity contribution < 1.29 is 14.3 Å². The molecule has 0 aromatic heterocycles. The molecule has 0 spiro atoms. The molecule has 3 N–H and O–H groups in total. The number of fused-ring (bicyclic) bond motifs is 1. The highest BCUT2D eigenvalue weighted by Crippen LogP contribution is 2.36. The van der Waals surface area contributed by atoms with Gasteiger partial charge in [0.1, 0.15) is 5.75 Å². The van der Waals surface area contributed by atoms with E-state index >= 15 is 0 Å². The zero-order valence-corrected chi connectivity index (χ0v) is 19.5. The topological polar surface area (TPSA) is 94.5 Å². The lowest BCUT2D eigenvalue weighted by Gasteiger charge is -2.42. The van der Waals surface area contributed by atoms with E-state index in [1.807, 2.05) is 57.2 Å². The number of carbonyl (C=O) groups is 2. The van der Waals surface area contributed by atoms with E-state index < -0.39 is 5.54 Å². The fourth-order valence-corrected chi connectivity index (χ4v) is 4.71. The van der Waals surface area contributed by atoms with Crippen LogP contribution in [0.3, 0.4) is 0 Å². The number of nitrogens with zero attached hydrogens (tertiary/aromatic N) is 1. The second-order valence-electron chi connectivity index (χ2n) is 9.20. The molecule has 7 heteroatoms. The maximum absolute atomic E-state index is 13.2. The fraction of sp³-hybridized carbons (Fsp3) is 0.423. The van der Waals surface area contributed by atoms with Crippen LogP contribution in [-0.4, -0.2) is 34.8 Å². The molecule has 1 unspecified atom stereocenters. The average molecular weight is 449 g/mol. The average Bonchev–Trinajstić information content (AvgIpc) is 2.81. The fourth-order valence-electron chi connectivity index (χ4n) is 4.71. The van der Waals surface area contributed by atoms with E-state index in [4.69, 9.17) is 10.1 Å². The molecule has 0 radical (unpaired) electrons. The quantitative estimate of drug-likeness (QED) is 0.624. The summed E-state index contributed by atoms with van der Waals surface area (Å²) in [7, 11) is 0. The Balaban J connectivity index is 1.49. The standard InChI is InChI=1S/C26H32N4O3/c1-4-26(5-2)16-22(31)30(24(27)29-26)17-18-9-8-10-19(15-18)23(32)28-25(3)13-14-33-21-12-7-6-11-20(21)25/h6-12,15H,4-5,13-14,16-17H2,1-3H3,(H2,27,29)(H,28,32). The molecule has 1 atom stereocenters. The number of hydrogen-bond donors (Lipinski definition) is 3. The highest BCUT2D eigenvalue weighted by atomic mass is 16.5. The van der Waals surface area contributed by atoms with Gasteiger partial charge >= 0.3 is 0 Å². The van der Waals surface area contributed by atoms with Gasteiger partial charge in [0.25, 0.3) is 5.91 Å². The summed E-state index contributed by atoms with van der Waals surface area (Å²) in [5, 5.41) is 14.8. The molecule has 4 rings (SSSR count). The molecule has 0 aliphatic carbocycles. The number of ether oxygens (including phenoxy) is 1. The number of para-hydroxylation sites is 1. The Hall–Kier alpha value is -3.35. The molecule has 2 aliphatic rings. The van der Waals surface area contributed by atoms with Gasteiger partial charge in [-0.25, -0.2) is 0 Å². The van der Waals surface area contributed by atoms with Crippen LogP contribution in [0.4, 0.5) is 0 Å². The Bertz CT molecular complexity index is 1060. The summed E-state index contributed by atoms with van der Waals surface area (Å²) in [6.45, 7) is 6.88. The minimum atomic E-state index is -0.527. The molecule has 2 heterocycles. The molecule has 0 saturated carbocycles. The lowest BCUT2D eigenvalue weighted by Crippen LogP contribution is -2.61. The third-order valence-corrected chi connectivity index (χ3v) is 7.06. The normalized spacial score (nSPS) is 21.6. The summed E-state index contributed by atoms with van der Waals surface area (Å²) >= 11 is 0. The maximum Gasteiger partial charge on any atom is 0.251 e. The summed E-state index contributed by atoms with van der Waals surface area (Å²) in [5.41, 5.74) is 1.43. The van der Waals surface area contributed by atoms with Gasteiger partial charge in [0, 0.05) is 23.1 Å². The third-order valence-electron chi connectivity index (χ3n) is 7.06. The predicted molar refractivity (Wildman–Crippen MR) is 127 cm³/mol. The molecular formula is C26H32N4O3. The first kappa shape index (κ1) is 22.8. The molecule has 174 valence electrons. The second-order valence-corrected chi connectivity index (χ2v) is 9.20. The third kappa shape index (κ3) is 4.45. The van der Waals surface area contributed by atoms with Crippen LogP contribution in [0.15, 0.2) is 48.5 Å². The molecule has 1 fully saturated rings. The van der Waals surface area contributed by atoms with Crippen molar-refractivity contribution in [3.63, 3.8) is 0 Å². The van der Waals surface area contributed by atoms with E-state index in [9.17, 15) is 9.59 Å². The van der Waals surface area contributed by atoms with Gasteiger partial charge in [-0.3, -0.25) is 19.9 Å². The Morgan fingerprint density at radius 1 is 1.18 bits per heavy atom. The van der Waals surface area contributed by atoms with E-state index in [0.717, 1.165) is 29.7 Å². The summed E-state index contributed by atoms with van der Waals surface area (Å²) in [6, 6.07) is 15.0. The first-order valence-electron chi connectivity index (χ1n) is 11.6. The van der Waals surface area contributed by atoms with E-state index in [0.29, 0.717) is 25.0 Å². The molecule has 1 saturated heterocycles.